The van der Waals surface area contributed by atoms with E-state index in [-0.39, 0.29) is 23.9 Å². The summed E-state index contributed by atoms with van der Waals surface area (Å²) in [4.78, 5) is 13.9. The molecular weight excluding hydrogens is 335 g/mol. The van der Waals surface area contributed by atoms with E-state index in [1.165, 1.54) is 6.07 Å². The molecule has 0 aliphatic carbocycles. The van der Waals surface area contributed by atoms with E-state index in [1.54, 1.807) is 17.0 Å². The van der Waals surface area contributed by atoms with Gasteiger partial charge >= 0.3 is 0 Å². The van der Waals surface area contributed by atoms with Crippen molar-refractivity contribution in [1.82, 2.24) is 10.2 Å². The molecule has 0 aromatic heterocycles. The van der Waals surface area contributed by atoms with Gasteiger partial charge in [0.1, 0.15) is 5.82 Å². The summed E-state index contributed by atoms with van der Waals surface area (Å²) in [6, 6.07) is 4.92. The van der Waals surface area contributed by atoms with Crippen LogP contribution in [0.15, 0.2) is 22.7 Å². The highest BCUT2D eigenvalue weighted by Gasteiger charge is 2.24. The highest BCUT2D eigenvalue weighted by atomic mass is 79.9. The van der Waals surface area contributed by atoms with Crippen LogP contribution in [0.2, 0.25) is 0 Å². The van der Waals surface area contributed by atoms with Crippen LogP contribution in [0.1, 0.15) is 23.2 Å². The van der Waals surface area contributed by atoms with Crippen LogP contribution >= 0.6 is 28.3 Å². The van der Waals surface area contributed by atoms with Crippen molar-refractivity contribution in [2.75, 3.05) is 20.1 Å². The second-order valence-electron chi connectivity index (χ2n) is 4.48. The van der Waals surface area contributed by atoms with Crippen molar-refractivity contribution in [1.29, 1.82) is 0 Å². The molecule has 0 spiro atoms. The summed E-state index contributed by atoms with van der Waals surface area (Å²) in [5.41, 5.74) is 0.146. The lowest BCUT2D eigenvalue weighted by Crippen LogP contribution is -2.44. The number of carbonyl (C=O) groups excluding carboxylic acids is 1. The zero-order valence-corrected chi connectivity index (χ0v) is 13.1. The molecule has 1 N–H and O–H groups in total. The smallest absolute Gasteiger partial charge is 0.256 e. The van der Waals surface area contributed by atoms with Crippen LogP contribution in [0.4, 0.5) is 4.39 Å². The van der Waals surface area contributed by atoms with E-state index in [0.29, 0.717) is 19.1 Å². The second kappa shape index (κ2) is 7.22. The van der Waals surface area contributed by atoms with E-state index in [1.807, 2.05) is 7.05 Å². The van der Waals surface area contributed by atoms with Gasteiger partial charge in [0.2, 0.25) is 0 Å². The summed E-state index contributed by atoms with van der Waals surface area (Å²) in [6.45, 7) is 1.35. The van der Waals surface area contributed by atoms with E-state index < -0.39 is 5.82 Å². The molecule has 0 bridgehead atoms. The van der Waals surface area contributed by atoms with Gasteiger partial charge in [-0.1, -0.05) is 15.9 Å². The number of benzene rings is 1. The largest absolute Gasteiger partial charge is 0.338 e. The molecule has 1 amide bonds. The first-order valence-electron chi connectivity index (χ1n) is 6.03. The van der Waals surface area contributed by atoms with Gasteiger partial charge in [-0.15, -0.1) is 12.4 Å². The summed E-state index contributed by atoms with van der Waals surface area (Å²) >= 11 is 3.26. The number of nitrogens with one attached hydrogen (secondary N) is 1. The number of amides is 1. The van der Waals surface area contributed by atoms with Crippen LogP contribution in [0.5, 0.6) is 0 Å². The van der Waals surface area contributed by atoms with Crippen LogP contribution < -0.4 is 5.32 Å². The number of halogens is 3. The lowest BCUT2D eigenvalue weighted by atomic mass is 10.0. The molecule has 19 heavy (non-hydrogen) atoms. The van der Waals surface area contributed by atoms with E-state index in [0.717, 1.165) is 17.3 Å². The minimum atomic E-state index is -0.459. The third kappa shape index (κ3) is 3.91. The predicted octanol–water partition coefficient (Wildman–Crippen LogP) is 2.83. The minimum Gasteiger partial charge on any atom is -0.338 e. The molecule has 0 atom stereocenters. The number of hydrogen-bond donors (Lipinski definition) is 1. The monoisotopic (exact) mass is 350 g/mol. The van der Waals surface area contributed by atoms with Crippen molar-refractivity contribution in [3.05, 3.63) is 34.1 Å². The number of likely N-dealkylation sites (tertiary alicyclic amines) is 1. The molecule has 1 aliphatic rings. The van der Waals surface area contributed by atoms with Crippen molar-refractivity contribution in [3.8, 4) is 0 Å². The standard InChI is InChI=1S/C13H16BrFN2O.ClH/c1-16-10-4-6-17(7-5-10)13(18)11-8-9(14)2-3-12(11)15;/h2-3,8,10,16H,4-7H2,1H3;1H. The maximum Gasteiger partial charge on any atom is 0.256 e. The molecule has 0 saturated carbocycles. The number of carbonyl (C=O) groups is 1. The van der Waals surface area contributed by atoms with Gasteiger partial charge in [-0.3, -0.25) is 4.79 Å². The normalized spacial score (nSPS) is 16.1. The summed E-state index contributed by atoms with van der Waals surface area (Å²) in [6.07, 6.45) is 1.83. The first-order chi connectivity index (χ1) is 8.61. The van der Waals surface area contributed by atoms with Gasteiger partial charge in [-0.05, 0) is 38.1 Å². The lowest BCUT2D eigenvalue weighted by molar-refractivity contribution is 0.0702. The molecular formula is C13H17BrClFN2O. The molecule has 1 saturated heterocycles. The molecule has 0 radical (unpaired) electrons. The Morgan fingerprint density at radius 2 is 2.05 bits per heavy atom. The Balaban J connectivity index is 0.00000180. The quantitative estimate of drug-likeness (QED) is 0.888. The molecule has 1 heterocycles. The van der Waals surface area contributed by atoms with Crippen LogP contribution in [0.25, 0.3) is 0 Å². The van der Waals surface area contributed by atoms with Crippen LogP contribution in [0.3, 0.4) is 0 Å². The Morgan fingerprint density at radius 1 is 1.42 bits per heavy atom. The van der Waals surface area contributed by atoms with E-state index in [9.17, 15) is 9.18 Å². The average molecular weight is 352 g/mol. The topological polar surface area (TPSA) is 32.3 Å². The minimum absolute atomic E-state index is 0. The zero-order valence-electron chi connectivity index (χ0n) is 10.7. The van der Waals surface area contributed by atoms with Crippen molar-refractivity contribution in [2.45, 2.75) is 18.9 Å². The predicted molar refractivity (Wildman–Crippen MR) is 79.3 cm³/mol. The lowest BCUT2D eigenvalue weighted by Gasteiger charge is -2.32. The average Bonchev–Trinajstić information content (AvgIpc) is 2.41. The van der Waals surface area contributed by atoms with E-state index in [4.69, 9.17) is 0 Å². The van der Waals surface area contributed by atoms with Crippen molar-refractivity contribution >= 4 is 34.2 Å². The van der Waals surface area contributed by atoms with Gasteiger partial charge in [-0.25, -0.2) is 4.39 Å². The fourth-order valence-electron chi connectivity index (χ4n) is 2.20. The van der Waals surface area contributed by atoms with Gasteiger partial charge in [0.25, 0.3) is 5.91 Å². The molecule has 1 aliphatic heterocycles. The Hall–Kier alpha value is -0.650. The summed E-state index contributed by atoms with van der Waals surface area (Å²) in [7, 11) is 1.93. The van der Waals surface area contributed by atoms with E-state index >= 15 is 0 Å². The first kappa shape index (κ1) is 16.4. The number of piperidine rings is 1. The Bertz CT molecular complexity index is 450. The maximum absolute atomic E-state index is 13.6. The fourth-order valence-corrected chi connectivity index (χ4v) is 2.56. The van der Waals surface area contributed by atoms with Crippen LogP contribution in [-0.4, -0.2) is 37.0 Å². The molecule has 1 fully saturated rings. The highest BCUT2D eigenvalue weighted by molar-refractivity contribution is 9.10. The van der Waals surface area contributed by atoms with Gasteiger partial charge in [0.05, 0.1) is 5.56 Å². The molecule has 0 unspecified atom stereocenters. The third-order valence-corrected chi connectivity index (χ3v) is 3.84. The highest BCUT2D eigenvalue weighted by Crippen LogP contribution is 2.19. The first-order valence-corrected chi connectivity index (χ1v) is 6.82. The molecule has 106 valence electrons. The summed E-state index contributed by atoms with van der Waals surface area (Å²) in [5.74, 6) is -0.678. The Morgan fingerprint density at radius 3 is 2.63 bits per heavy atom. The second-order valence-corrected chi connectivity index (χ2v) is 5.39. The van der Waals surface area contributed by atoms with Crippen LogP contribution in [0, 0.1) is 5.82 Å². The fraction of sp³-hybridized carbons (Fsp3) is 0.462. The SMILES string of the molecule is CNC1CCN(C(=O)c2cc(Br)ccc2F)CC1.Cl. The number of hydrogen-bond acceptors (Lipinski definition) is 2. The summed E-state index contributed by atoms with van der Waals surface area (Å²) in [5, 5.41) is 3.20. The van der Waals surface area contributed by atoms with Crippen molar-refractivity contribution in [3.63, 3.8) is 0 Å². The van der Waals surface area contributed by atoms with Gasteiger partial charge < -0.3 is 10.2 Å². The van der Waals surface area contributed by atoms with Crippen molar-refractivity contribution < 1.29 is 9.18 Å². The Labute approximate surface area is 127 Å². The third-order valence-electron chi connectivity index (χ3n) is 3.35. The molecule has 3 nitrogen and oxygen atoms in total. The summed E-state index contributed by atoms with van der Waals surface area (Å²) < 4.78 is 14.4. The zero-order chi connectivity index (χ0) is 13.1. The molecule has 1 aromatic carbocycles. The van der Waals surface area contributed by atoms with E-state index in [2.05, 4.69) is 21.2 Å². The van der Waals surface area contributed by atoms with Crippen LogP contribution in [-0.2, 0) is 0 Å². The number of rotatable bonds is 2. The molecule has 2 rings (SSSR count). The maximum atomic E-state index is 13.6. The Kier molecular flexibility index (Phi) is 6.23. The van der Waals surface area contributed by atoms with Gasteiger partial charge in [0.15, 0.2) is 0 Å². The van der Waals surface area contributed by atoms with Gasteiger partial charge in [-0.2, -0.15) is 0 Å². The number of nitrogens with zero attached hydrogens (tertiary/aromatic N) is 1. The molecule has 1 aromatic rings. The van der Waals surface area contributed by atoms with Crippen molar-refractivity contribution in [2.24, 2.45) is 0 Å². The molecule has 6 heteroatoms. The van der Waals surface area contributed by atoms with Gasteiger partial charge in [0, 0.05) is 23.6 Å².